The molecule has 7 heteroatoms. The van der Waals surface area contributed by atoms with Gasteiger partial charge in [-0.3, -0.25) is 14.1 Å². The van der Waals surface area contributed by atoms with E-state index in [1.807, 2.05) is 36.4 Å². The zero-order valence-corrected chi connectivity index (χ0v) is 28.3. The van der Waals surface area contributed by atoms with E-state index in [4.69, 9.17) is 19.9 Å². The molecule has 0 atom stereocenters. The monoisotopic (exact) mass is 806 g/mol. The first kappa shape index (κ1) is 29.2. The maximum Gasteiger partial charge on any atom is 0.240 e. The van der Waals surface area contributed by atoms with Crippen molar-refractivity contribution in [2.24, 2.45) is 0 Å². The molecular weight excluding hydrogens is 781 g/mol. The van der Waals surface area contributed by atoms with Gasteiger partial charge in [0.15, 0.2) is 0 Å². The number of aromatic nitrogens is 6. The molecule has 0 aliphatic rings. The first-order chi connectivity index (χ1) is 23.8. The molecule has 49 heavy (non-hydrogen) atoms. The molecule has 0 bridgehead atoms. The van der Waals surface area contributed by atoms with Gasteiger partial charge in [0.2, 0.25) is 11.9 Å². The number of para-hydroxylation sites is 5. The normalized spacial score (nSPS) is 11.5. The summed E-state index contributed by atoms with van der Waals surface area (Å²) in [6.45, 7) is 0. The van der Waals surface area contributed by atoms with E-state index in [0.717, 1.165) is 71.3 Å². The predicted octanol–water partition coefficient (Wildman–Crippen LogP) is 9.75. The van der Waals surface area contributed by atoms with Crippen molar-refractivity contribution in [3.63, 3.8) is 0 Å². The molecule has 233 valence electrons. The van der Waals surface area contributed by atoms with Crippen LogP contribution >= 0.6 is 0 Å². The summed E-state index contributed by atoms with van der Waals surface area (Å²) in [5, 5.41) is 5.68. The van der Waals surface area contributed by atoms with Gasteiger partial charge in [-0.1, -0.05) is 109 Å². The third-order valence-corrected chi connectivity index (χ3v) is 9.11. The van der Waals surface area contributed by atoms with Gasteiger partial charge in [0.05, 0.1) is 27.6 Å². The van der Waals surface area contributed by atoms with Gasteiger partial charge in [-0.2, -0.15) is 15.0 Å². The van der Waals surface area contributed by atoms with Crippen LogP contribution in [0.2, 0.25) is 0 Å². The summed E-state index contributed by atoms with van der Waals surface area (Å²) < 4.78 is 4.29. The van der Waals surface area contributed by atoms with E-state index in [1.54, 1.807) is 0 Å². The van der Waals surface area contributed by atoms with Crippen molar-refractivity contribution < 1.29 is 20.1 Å². The van der Waals surface area contributed by atoms with Gasteiger partial charge in [0.25, 0.3) is 0 Å². The molecule has 0 aliphatic heterocycles. The first-order valence-electron chi connectivity index (χ1n) is 15.9. The molecule has 0 saturated heterocycles. The Morgan fingerprint density at radius 1 is 0.449 bits per heavy atom. The fourth-order valence-corrected chi connectivity index (χ4v) is 6.93. The van der Waals surface area contributed by atoms with Crippen LogP contribution in [0.3, 0.4) is 0 Å². The van der Waals surface area contributed by atoms with Gasteiger partial charge in [-0.15, -0.1) is 29.8 Å². The Morgan fingerprint density at radius 2 is 0.939 bits per heavy atom. The molecule has 10 aromatic rings. The summed E-state index contributed by atoms with van der Waals surface area (Å²) in [6.07, 6.45) is 0. The van der Waals surface area contributed by atoms with E-state index in [-0.39, 0.29) is 20.1 Å². The van der Waals surface area contributed by atoms with Gasteiger partial charge in [0, 0.05) is 41.7 Å². The van der Waals surface area contributed by atoms with Crippen molar-refractivity contribution in [2.75, 3.05) is 0 Å². The van der Waals surface area contributed by atoms with Crippen molar-refractivity contribution >= 4 is 54.5 Å². The molecule has 0 N–H and O–H groups in total. The molecular formula is C42H25IrN6-. The number of hydrogen-bond acceptors (Lipinski definition) is 4. The van der Waals surface area contributed by atoms with Crippen LogP contribution < -0.4 is 0 Å². The van der Waals surface area contributed by atoms with Gasteiger partial charge in [-0.05, 0) is 41.4 Å². The number of hydrogen-bond donors (Lipinski definition) is 0. The molecule has 0 unspecified atom stereocenters. The minimum Gasteiger partial charge on any atom is -0.296 e. The number of rotatable bonds is 4. The zero-order chi connectivity index (χ0) is 31.6. The van der Waals surface area contributed by atoms with E-state index in [0.29, 0.717) is 17.7 Å². The maximum absolute atomic E-state index is 5.24. The van der Waals surface area contributed by atoms with Gasteiger partial charge in [-0.25, -0.2) is 0 Å². The molecule has 4 aromatic heterocycles. The Hall–Kier alpha value is -6.01. The number of fused-ring (bicyclic) bond motifs is 7. The predicted molar refractivity (Wildman–Crippen MR) is 194 cm³/mol. The minimum absolute atomic E-state index is 0. The summed E-state index contributed by atoms with van der Waals surface area (Å²) in [5.41, 5.74) is 7.64. The van der Waals surface area contributed by atoms with Crippen LogP contribution in [0, 0.1) is 6.07 Å². The second kappa shape index (κ2) is 11.6. The van der Waals surface area contributed by atoms with Crippen LogP contribution in [0.25, 0.3) is 89.1 Å². The smallest absolute Gasteiger partial charge is 0.240 e. The molecule has 0 amide bonds. The average molecular weight is 806 g/mol. The maximum atomic E-state index is 5.24. The summed E-state index contributed by atoms with van der Waals surface area (Å²) >= 11 is 0. The van der Waals surface area contributed by atoms with Crippen molar-refractivity contribution in [1.82, 2.24) is 29.1 Å². The van der Waals surface area contributed by atoms with Gasteiger partial charge >= 0.3 is 0 Å². The summed E-state index contributed by atoms with van der Waals surface area (Å²) in [6, 6.07) is 55.3. The Kier molecular flexibility index (Phi) is 6.90. The Morgan fingerprint density at radius 3 is 1.49 bits per heavy atom. The SMILES string of the molecule is [Ir].[c-]1ccc(-c2nc(-n3c4ccccc4c4ccccc43)nc(-n3c4ccccc4c4ccccc43)n2)cc1-c1ccc2ccccc2n1. The van der Waals surface area contributed by atoms with E-state index in [9.17, 15) is 0 Å². The van der Waals surface area contributed by atoms with E-state index < -0.39 is 0 Å². The quantitative estimate of drug-likeness (QED) is 0.166. The third-order valence-electron chi connectivity index (χ3n) is 9.11. The Balaban J connectivity index is 0.00000325. The molecule has 0 aliphatic carbocycles. The molecule has 6 nitrogen and oxygen atoms in total. The molecule has 1 radical (unpaired) electrons. The fraction of sp³-hybridized carbons (Fsp3) is 0. The summed E-state index contributed by atoms with van der Waals surface area (Å²) in [7, 11) is 0. The molecule has 0 fully saturated rings. The standard InChI is InChI=1S/C42H25N6.Ir/c1-6-19-34-27(12-1)24-25-35(43-34)28-13-11-14-29(26-28)40-44-41(47-36-20-7-2-15-30(36)31-16-3-8-21-37(31)47)46-42(45-40)48-38-22-9-4-17-32(38)33-18-5-10-23-39(33)48;/h1-12,14-26H;/q-1;. The summed E-state index contributed by atoms with van der Waals surface area (Å²) in [5.74, 6) is 1.66. The average Bonchev–Trinajstić information content (AvgIpc) is 3.68. The number of benzene rings is 6. The molecule has 4 heterocycles. The second-order valence-electron chi connectivity index (χ2n) is 11.9. The molecule has 0 spiro atoms. The number of pyridine rings is 1. The largest absolute Gasteiger partial charge is 0.296 e. The van der Waals surface area contributed by atoms with Crippen LogP contribution in [-0.4, -0.2) is 29.1 Å². The van der Waals surface area contributed by atoms with Crippen molar-refractivity contribution in [3.05, 3.63) is 158 Å². The van der Waals surface area contributed by atoms with Crippen LogP contribution in [0.1, 0.15) is 0 Å². The van der Waals surface area contributed by atoms with Crippen molar-refractivity contribution in [2.45, 2.75) is 0 Å². The topological polar surface area (TPSA) is 61.4 Å². The third kappa shape index (κ3) is 4.66. The minimum atomic E-state index is 0. The van der Waals surface area contributed by atoms with Crippen LogP contribution in [0.4, 0.5) is 0 Å². The van der Waals surface area contributed by atoms with Crippen LogP contribution in [0.15, 0.2) is 152 Å². The fourth-order valence-electron chi connectivity index (χ4n) is 6.93. The number of nitrogens with zero attached hydrogens (tertiary/aromatic N) is 6. The summed E-state index contributed by atoms with van der Waals surface area (Å²) in [4.78, 5) is 20.6. The first-order valence-corrected chi connectivity index (χ1v) is 15.9. The van der Waals surface area contributed by atoms with E-state index in [2.05, 4.69) is 130 Å². The van der Waals surface area contributed by atoms with Crippen LogP contribution in [0.5, 0.6) is 0 Å². The van der Waals surface area contributed by atoms with E-state index in [1.165, 1.54) is 0 Å². The van der Waals surface area contributed by atoms with Gasteiger partial charge in [0.1, 0.15) is 5.82 Å². The van der Waals surface area contributed by atoms with Crippen molar-refractivity contribution in [3.8, 4) is 34.5 Å². The van der Waals surface area contributed by atoms with E-state index >= 15 is 0 Å². The molecule has 6 aromatic carbocycles. The van der Waals surface area contributed by atoms with Crippen molar-refractivity contribution in [1.29, 1.82) is 0 Å². The Labute approximate surface area is 294 Å². The Bertz CT molecular complexity index is 2630. The molecule has 0 saturated carbocycles. The molecule has 10 rings (SSSR count). The zero-order valence-electron chi connectivity index (χ0n) is 26.0. The van der Waals surface area contributed by atoms with Gasteiger partial charge < -0.3 is 0 Å². The second-order valence-corrected chi connectivity index (χ2v) is 11.9. The van der Waals surface area contributed by atoms with Crippen LogP contribution in [-0.2, 0) is 20.1 Å².